The number of aromatic nitrogens is 1. The van der Waals surface area contributed by atoms with Crippen LogP contribution in [0.1, 0.15) is 17.7 Å². The van der Waals surface area contributed by atoms with Crippen LogP contribution in [0.5, 0.6) is 0 Å². The van der Waals surface area contributed by atoms with Gasteiger partial charge in [0.15, 0.2) is 5.96 Å². The fourth-order valence-corrected chi connectivity index (χ4v) is 3.42. The molecule has 1 N–H and O–H groups in total. The van der Waals surface area contributed by atoms with Gasteiger partial charge in [-0.3, -0.25) is 14.7 Å². The second kappa shape index (κ2) is 10.6. The quantitative estimate of drug-likeness (QED) is 0.561. The largest absolute Gasteiger partial charge is 0.364 e. The van der Waals surface area contributed by atoms with Crippen molar-refractivity contribution in [3.05, 3.63) is 53.9 Å². The number of aliphatic imine (C=N–C) groups is 1. The normalized spacial score (nSPS) is 15.4. The zero-order chi connectivity index (χ0) is 20.5. The Hall–Kier alpha value is -2.87. The van der Waals surface area contributed by atoms with Crippen LogP contribution in [0.3, 0.4) is 0 Å². The molecule has 1 amide bonds. The van der Waals surface area contributed by atoms with Crippen molar-refractivity contribution in [3.63, 3.8) is 0 Å². The summed E-state index contributed by atoms with van der Waals surface area (Å²) in [5.74, 6) is 0.971. The molecule has 0 saturated carbocycles. The fraction of sp³-hybridized carbons (Fsp3) is 0.476. The Morgan fingerprint density at radius 3 is 2.62 bits per heavy atom. The minimum absolute atomic E-state index is 0.120. The van der Waals surface area contributed by atoms with E-state index in [2.05, 4.69) is 25.3 Å². The predicted molar refractivity (Wildman–Crippen MR) is 112 cm³/mol. The second-order valence-electron chi connectivity index (χ2n) is 7.21. The third kappa shape index (κ3) is 6.32. The fourth-order valence-electron chi connectivity index (χ4n) is 3.42. The average molecular weight is 399 g/mol. The van der Waals surface area contributed by atoms with Gasteiger partial charge in [0.1, 0.15) is 6.26 Å². The average Bonchev–Trinajstić information content (AvgIpc) is 3.25. The van der Waals surface area contributed by atoms with Gasteiger partial charge in [-0.1, -0.05) is 35.5 Å². The highest BCUT2D eigenvalue weighted by molar-refractivity contribution is 5.81. The highest BCUT2D eigenvalue weighted by atomic mass is 16.5. The van der Waals surface area contributed by atoms with Crippen LogP contribution >= 0.6 is 0 Å². The van der Waals surface area contributed by atoms with Crippen molar-refractivity contribution < 1.29 is 9.32 Å². The summed E-state index contributed by atoms with van der Waals surface area (Å²) in [6.45, 7) is 5.65. The molecule has 0 radical (unpaired) electrons. The number of carbonyl (C=O) groups excluding carboxylic acids is 1. The van der Waals surface area contributed by atoms with E-state index in [9.17, 15) is 4.79 Å². The number of carbonyl (C=O) groups is 1. The summed E-state index contributed by atoms with van der Waals surface area (Å²) in [4.78, 5) is 23.1. The number of amides is 1. The first-order valence-electron chi connectivity index (χ1n) is 10.0. The molecule has 1 aromatic carbocycles. The molecular weight excluding hydrogens is 368 g/mol. The standard InChI is InChI=1S/C21H30N6O2/c1-22-21(27-13-11-26(12-14-27)17-19-9-15-29-24-19)23-10-8-20(28)25(2)16-18-6-4-3-5-7-18/h3-7,9,15H,8,10-14,16-17H2,1-2H3,(H,22,23). The highest BCUT2D eigenvalue weighted by Gasteiger charge is 2.20. The number of piperazine rings is 1. The number of benzene rings is 1. The third-order valence-corrected chi connectivity index (χ3v) is 5.07. The zero-order valence-corrected chi connectivity index (χ0v) is 17.3. The summed E-state index contributed by atoms with van der Waals surface area (Å²) in [5.41, 5.74) is 2.09. The molecule has 156 valence electrons. The molecular formula is C21H30N6O2. The maximum Gasteiger partial charge on any atom is 0.224 e. The molecule has 29 heavy (non-hydrogen) atoms. The van der Waals surface area contributed by atoms with Crippen molar-refractivity contribution in [1.29, 1.82) is 0 Å². The molecule has 1 aliphatic rings. The molecule has 0 bridgehead atoms. The van der Waals surface area contributed by atoms with Gasteiger partial charge in [0.25, 0.3) is 0 Å². The minimum Gasteiger partial charge on any atom is -0.364 e. The smallest absolute Gasteiger partial charge is 0.224 e. The van der Waals surface area contributed by atoms with Crippen molar-refractivity contribution in [2.24, 2.45) is 4.99 Å². The number of guanidine groups is 1. The van der Waals surface area contributed by atoms with Gasteiger partial charge in [0.05, 0.1) is 5.69 Å². The molecule has 0 aliphatic carbocycles. The Labute approximate surface area is 172 Å². The van der Waals surface area contributed by atoms with E-state index in [0.717, 1.165) is 49.9 Å². The first kappa shape index (κ1) is 20.9. The Morgan fingerprint density at radius 2 is 1.97 bits per heavy atom. The summed E-state index contributed by atoms with van der Waals surface area (Å²) in [7, 11) is 3.63. The van der Waals surface area contributed by atoms with Gasteiger partial charge in [-0.15, -0.1) is 0 Å². The topological polar surface area (TPSA) is 77.2 Å². The number of nitrogens with one attached hydrogen (secondary N) is 1. The summed E-state index contributed by atoms with van der Waals surface area (Å²) in [5, 5.41) is 7.31. The first-order chi connectivity index (χ1) is 14.2. The molecule has 0 unspecified atom stereocenters. The summed E-state index contributed by atoms with van der Waals surface area (Å²) < 4.78 is 4.90. The van der Waals surface area contributed by atoms with Crippen LogP contribution in [0, 0.1) is 0 Å². The Morgan fingerprint density at radius 1 is 1.21 bits per heavy atom. The van der Waals surface area contributed by atoms with Gasteiger partial charge in [-0.25, -0.2) is 0 Å². The molecule has 8 heteroatoms. The molecule has 3 rings (SSSR count). The van der Waals surface area contributed by atoms with Crippen LogP contribution < -0.4 is 5.32 Å². The first-order valence-corrected chi connectivity index (χ1v) is 10.0. The molecule has 8 nitrogen and oxygen atoms in total. The molecule has 1 aliphatic heterocycles. The van der Waals surface area contributed by atoms with Crippen LogP contribution in [-0.4, -0.2) is 78.5 Å². The molecule has 1 saturated heterocycles. The second-order valence-corrected chi connectivity index (χ2v) is 7.21. The van der Waals surface area contributed by atoms with Gasteiger partial charge in [0, 0.05) is 72.4 Å². The van der Waals surface area contributed by atoms with Crippen molar-refractivity contribution in [2.45, 2.75) is 19.5 Å². The zero-order valence-electron chi connectivity index (χ0n) is 17.3. The minimum atomic E-state index is 0.120. The van der Waals surface area contributed by atoms with E-state index < -0.39 is 0 Å². The van der Waals surface area contributed by atoms with Gasteiger partial charge >= 0.3 is 0 Å². The molecule has 2 heterocycles. The lowest BCUT2D eigenvalue weighted by molar-refractivity contribution is -0.130. The third-order valence-electron chi connectivity index (χ3n) is 5.07. The van der Waals surface area contributed by atoms with E-state index in [1.54, 1.807) is 18.2 Å². The van der Waals surface area contributed by atoms with Gasteiger partial charge in [0.2, 0.25) is 5.91 Å². The monoisotopic (exact) mass is 398 g/mol. The lowest BCUT2D eigenvalue weighted by Crippen LogP contribution is -2.52. The van der Waals surface area contributed by atoms with E-state index in [1.165, 1.54) is 0 Å². The number of nitrogens with zero attached hydrogens (tertiary/aromatic N) is 5. The predicted octanol–water partition coefficient (Wildman–Crippen LogP) is 1.42. The van der Waals surface area contributed by atoms with E-state index in [4.69, 9.17) is 4.52 Å². The van der Waals surface area contributed by atoms with Crippen molar-refractivity contribution in [2.75, 3.05) is 46.8 Å². The van der Waals surface area contributed by atoms with Gasteiger partial charge < -0.3 is 19.6 Å². The Bertz CT molecular complexity index is 770. The van der Waals surface area contributed by atoms with Crippen LogP contribution in [0.4, 0.5) is 0 Å². The molecule has 2 aromatic rings. The maximum absolute atomic E-state index is 12.4. The SMILES string of the molecule is CN=C(NCCC(=O)N(C)Cc1ccccc1)N1CCN(Cc2ccon2)CC1. The summed E-state index contributed by atoms with van der Waals surface area (Å²) >= 11 is 0. The van der Waals surface area contributed by atoms with Crippen LogP contribution in [0.25, 0.3) is 0 Å². The molecule has 0 atom stereocenters. The summed E-state index contributed by atoms with van der Waals surface area (Å²) in [6.07, 6.45) is 2.05. The Kier molecular flexibility index (Phi) is 7.63. The van der Waals surface area contributed by atoms with Crippen LogP contribution in [-0.2, 0) is 17.9 Å². The lowest BCUT2D eigenvalue weighted by Gasteiger charge is -2.36. The molecule has 0 spiro atoms. The van der Waals surface area contributed by atoms with Crippen LogP contribution in [0.15, 0.2) is 52.2 Å². The Balaban J connectivity index is 1.37. The van der Waals surface area contributed by atoms with Crippen molar-refractivity contribution >= 4 is 11.9 Å². The van der Waals surface area contributed by atoms with E-state index in [1.807, 2.05) is 43.4 Å². The van der Waals surface area contributed by atoms with Crippen LogP contribution in [0.2, 0.25) is 0 Å². The molecule has 1 aromatic heterocycles. The lowest BCUT2D eigenvalue weighted by atomic mass is 10.2. The van der Waals surface area contributed by atoms with Crippen molar-refractivity contribution in [3.8, 4) is 0 Å². The van der Waals surface area contributed by atoms with Gasteiger partial charge in [-0.05, 0) is 5.56 Å². The van der Waals surface area contributed by atoms with E-state index in [0.29, 0.717) is 19.5 Å². The van der Waals surface area contributed by atoms with E-state index in [-0.39, 0.29) is 5.91 Å². The number of rotatable bonds is 7. The van der Waals surface area contributed by atoms with Gasteiger partial charge in [-0.2, -0.15) is 0 Å². The number of hydrogen-bond donors (Lipinski definition) is 1. The van der Waals surface area contributed by atoms with Crippen molar-refractivity contribution in [1.82, 2.24) is 25.2 Å². The molecule has 1 fully saturated rings. The number of hydrogen-bond acceptors (Lipinski definition) is 5. The summed E-state index contributed by atoms with van der Waals surface area (Å²) in [6, 6.07) is 11.9. The maximum atomic E-state index is 12.4. The highest BCUT2D eigenvalue weighted by Crippen LogP contribution is 2.08. The van der Waals surface area contributed by atoms with E-state index >= 15 is 0 Å².